The summed E-state index contributed by atoms with van der Waals surface area (Å²) in [7, 11) is 0. The average molecular weight is 342 g/mol. The first-order valence-electron chi connectivity index (χ1n) is 8.52. The average Bonchev–Trinajstić information content (AvgIpc) is 2.66. The summed E-state index contributed by atoms with van der Waals surface area (Å²) in [5.41, 5.74) is 11.1. The molecule has 2 aromatic rings. The van der Waals surface area contributed by atoms with E-state index >= 15 is 0 Å². The van der Waals surface area contributed by atoms with E-state index in [9.17, 15) is 4.79 Å². The van der Waals surface area contributed by atoms with Crippen LogP contribution in [0.25, 0.3) is 33.4 Å². The Morgan fingerprint density at radius 2 is 1.85 bits per heavy atom. The van der Waals surface area contributed by atoms with Crippen LogP contribution >= 0.6 is 0 Å². The van der Waals surface area contributed by atoms with Crippen LogP contribution in [0.1, 0.15) is 17.3 Å². The van der Waals surface area contributed by atoms with E-state index in [1.165, 1.54) is 0 Å². The number of anilines is 1. The number of rotatable bonds is 3. The molecule has 2 N–H and O–H groups in total. The molecule has 0 unspecified atom stereocenters. The molecule has 0 bridgehead atoms. The smallest absolute Gasteiger partial charge is 0.150 e. The topological polar surface area (TPSA) is 68.6 Å². The Kier molecular flexibility index (Phi) is 4.01. The number of nitrogen functional groups attached to an aromatic ring is 1. The van der Waals surface area contributed by atoms with Crippen LogP contribution in [0.15, 0.2) is 70.1 Å². The molecule has 0 atom stereocenters. The molecule has 1 heterocycles. The minimum atomic E-state index is 0.649. The molecule has 4 nitrogen and oxygen atoms in total. The SMILES string of the molecule is CCN=c1ccc2c(-c3ccc(C=O)cc3)c3ccc(N)cc3oc-2c1. The molecule has 128 valence electrons. The summed E-state index contributed by atoms with van der Waals surface area (Å²) >= 11 is 0. The van der Waals surface area contributed by atoms with Gasteiger partial charge in [0.15, 0.2) is 0 Å². The van der Waals surface area contributed by atoms with Crippen molar-refractivity contribution >= 4 is 22.9 Å². The van der Waals surface area contributed by atoms with E-state index in [-0.39, 0.29) is 0 Å². The monoisotopic (exact) mass is 342 g/mol. The van der Waals surface area contributed by atoms with Gasteiger partial charge in [-0.1, -0.05) is 24.3 Å². The molecule has 0 aromatic heterocycles. The summed E-state index contributed by atoms with van der Waals surface area (Å²) in [4.78, 5) is 15.4. The fraction of sp³-hybridized carbons (Fsp3) is 0.0909. The lowest BCUT2D eigenvalue weighted by molar-refractivity contribution is 0.112. The van der Waals surface area contributed by atoms with Gasteiger partial charge in [0.05, 0.1) is 5.36 Å². The van der Waals surface area contributed by atoms with Crippen molar-refractivity contribution in [2.45, 2.75) is 6.92 Å². The van der Waals surface area contributed by atoms with Crippen molar-refractivity contribution in [3.8, 4) is 22.5 Å². The molecule has 0 radical (unpaired) electrons. The molecule has 0 spiro atoms. The molecule has 0 amide bonds. The number of hydrogen-bond acceptors (Lipinski definition) is 4. The molecule has 1 aliphatic carbocycles. The van der Waals surface area contributed by atoms with Crippen molar-refractivity contribution < 1.29 is 9.21 Å². The standard InChI is InChI=1S/C22H18N2O2/c1-2-24-17-8-10-19-21(12-17)26-20-11-16(23)7-9-18(20)22(19)15-5-3-14(13-25)4-6-15/h3-13H,2,23H2,1H3. The predicted octanol–water partition coefficient (Wildman–Crippen LogP) is 4.52. The fourth-order valence-corrected chi connectivity index (χ4v) is 3.22. The molecule has 4 heteroatoms. The predicted molar refractivity (Wildman–Crippen MR) is 104 cm³/mol. The number of carbonyl (C=O) groups excluding carboxylic acids is 1. The van der Waals surface area contributed by atoms with E-state index in [1.807, 2.05) is 67.6 Å². The van der Waals surface area contributed by atoms with Gasteiger partial charge in [-0.2, -0.15) is 0 Å². The van der Waals surface area contributed by atoms with Gasteiger partial charge in [-0.3, -0.25) is 9.79 Å². The van der Waals surface area contributed by atoms with Crippen molar-refractivity contribution in [3.05, 3.63) is 71.6 Å². The number of nitrogens with two attached hydrogens (primary N) is 1. The molecule has 1 aliphatic heterocycles. The Hall–Kier alpha value is -3.40. The van der Waals surface area contributed by atoms with E-state index in [1.54, 1.807) is 0 Å². The molecule has 0 fully saturated rings. The molecule has 2 aliphatic rings. The number of carbonyl (C=O) groups is 1. The zero-order valence-electron chi connectivity index (χ0n) is 14.4. The Morgan fingerprint density at radius 3 is 2.58 bits per heavy atom. The first kappa shape index (κ1) is 16.1. The van der Waals surface area contributed by atoms with E-state index < -0.39 is 0 Å². The van der Waals surface area contributed by atoms with Crippen LogP contribution in [0, 0.1) is 0 Å². The first-order chi connectivity index (χ1) is 12.7. The third kappa shape index (κ3) is 2.75. The maximum atomic E-state index is 11.0. The Morgan fingerprint density at radius 1 is 1.04 bits per heavy atom. The molecular weight excluding hydrogens is 324 g/mol. The highest BCUT2D eigenvalue weighted by atomic mass is 16.3. The lowest BCUT2D eigenvalue weighted by Crippen LogP contribution is -2.03. The van der Waals surface area contributed by atoms with Crippen molar-refractivity contribution in [1.82, 2.24) is 0 Å². The van der Waals surface area contributed by atoms with Crippen LogP contribution in [-0.4, -0.2) is 12.8 Å². The van der Waals surface area contributed by atoms with Gasteiger partial charge < -0.3 is 10.2 Å². The second-order valence-electron chi connectivity index (χ2n) is 6.13. The Bertz CT molecular complexity index is 1140. The molecule has 2 aromatic carbocycles. The summed E-state index contributed by atoms with van der Waals surface area (Å²) in [5, 5.41) is 1.86. The second-order valence-corrected chi connectivity index (χ2v) is 6.13. The van der Waals surface area contributed by atoms with Gasteiger partial charge >= 0.3 is 0 Å². The van der Waals surface area contributed by atoms with Crippen LogP contribution in [0.5, 0.6) is 0 Å². The maximum absolute atomic E-state index is 11.0. The number of benzene rings is 3. The van der Waals surface area contributed by atoms with Crippen molar-refractivity contribution in [2.75, 3.05) is 12.3 Å². The van der Waals surface area contributed by atoms with Gasteiger partial charge in [0.2, 0.25) is 0 Å². The summed E-state index contributed by atoms with van der Waals surface area (Å²) in [5.74, 6) is 0.757. The van der Waals surface area contributed by atoms with Gasteiger partial charge in [-0.15, -0.1) is 0 Å². The molecule has 0 saturated heterocycles. The third-order valence-electron chi connectivity index (χ3n) is 4.41. The lowest BCUT2D eigenvalue weighted by atomic mass is 9.93. The van der Waals surface area contributed by atoms with Crippen molar-refractivity contribution in [2.24, 2.45) is 4.99 Å². The van der Waals surface area contributed by atoms with Crippen LogP contribution in [0.2, 0.25) is 0 Å². The van der Waals surface area contributed by atoms with E-state index in [0.717, 1.165) is 45.1 Å². The zero-order valence-corrected chi connectivity index (χ0v) is 14.4. The minimum Gasteiger partial charge on any atom is -0.456 e. The first-order valence-corrected chi connectivity index (χ1v) is 8.52. The normalized spacial score (nSPS) is 12.0. The quantitative estimate of drug-likeness (QED) is 0.338. The van der Waals surface area contributed by atoms with Gasteiger partial charge in [0, 0.05) is 46.4 Å². The van der Waals surface area contributed by atoms with Crippen LogP contribution < -0.4 is 11.1 Å². The number of fused-ring (bicyclic) bond motifs is 2. The molecule has 4 rings (SSSR count). The van der Waals surface area contributed by atoms with Gasteiger partial charge in [-0.25, -0.2) is 0 Å². The zero-order chi connectivity index (χ0) is 18.1. The Labute approximate surface area is 151 Å². The maximum Gasteiger partial charge on any atom is 0.150 e. The number of nitrogens with zero attached hydrogens (tertiary/aromatic N) is 1. The van der Waals surface area contributed by atoms with E-state index in [0.29, 0.717) is 17.8 Å². The third-order valence-corrected chi connectivity index (χ3v) is 4.41. The van der Waals surface area contributed by atoms with Gasteiger partial charge in [0.25, 0.3) is 0 Å². The minimum absolute atomic E-state index is 0.649. The highest BCUT2D eigenvalue weighted by molar-refractivity contribution is 6.02. The summed E-state index contributed by atoms with van der Waals surface area (Å²) in [6.07, 6.45) is 0.847. The van der Waals surface area contributed by atoms with Gasteiger partial charge in [-0.05, 0) is 36.8 Å². The highest BCUT2D eigenvalue weighted by Gasteiger charge is 2.17. The molecular formula is C22H18N2O2. The highest BCUT2D eigenvalue weighted by Crippen LogP contribution is 2.40. The van der Waals surface area contributed by atoms with E-state index in [4.69, 9.17) is 10.2 Å². The number of aldehydes is 1. The lowest BCUT2D eigenvalue weighted by Gasteiger charge is -2.15. The summed E-state index contributed by atoms with van der Waals surface area (Å²) in [6.45, 7) is 2.72. The van der Waals surface area contributed by atoms with Gasteiger partial charge in [0.1, 0.15) is 17.6 Å². The van der Waals surface area contributed by atoms with Crippen molar-refractivity contribution in [1.29, 1.82) is 0 Å². The molecule has 0 saturated carbocycles. The summed E-state index contributed by atoms with van der Waals surface area (Å²) in [6, 6.07) is 19.2. The van der Waals surface area contributed by atoms with Crippen LogP contribution in [-0.2, 0) is 0 Å². The largest absolute Gasteiger partial charge is 0.456 e. The number of hydrogen-bond donors (Lipinski definition) is 1. The summed E-state index contributed by atoms with van der Waals surface area (Å²) < 4.78 is 6.12. The van der Waals surface area contributed by atoms with E-state index in [2.05, 4.69) is 4.99 Å². The second kappa shape index (κ2) is 6.48. The van der Waals surface area contributed by atoms with Crippen LogP contribution in [0.4, 0.5) is 5.69 Å². The van der Waals surface area contributed by atoms with Crippen molar-refractivity contribution in [3.63, 3.8) is 0 Å². The van der Waals surface area contributed by atoms with Crippen LogP contribution in [0.3, 0.4) is 0 Å². The molecule has 26 heavy (non-hydrogen) atoms. The fourth-order valence-electron chi connectivity index (χ4n) is 3.22. The Balaban J connectivity index is 2.09.